The number of nitrogens with one attached hydrogen (secondary N) is 1. The zero-order chi connectivity index (χ0) is 14.0. The van der Waals surface area contributed by atoms with E-state index >= 15 is 0 Å². The van der Waals surface area contributed by atoms with E-state index in [9.17, 15) is 0 Å². The van der Waals surface area contributed by atoms with Gasteiger partial charge in [0.1, 0.15) is 5.75 Å². The standard InChI is InChI=1S/C14H19N3OS/c1-8-6-12(18-4)9(2)5-11(8)13(17-15)14-10(3)16-7-19-14/h5-7,13,17H,15H2,1-4H3. The maximum absolute atomic E-state index is 5.75. The lowest BCUT2D eigenvalue weighted by atomic mass is 9.97. The summed E-state index contributed by atoms with van der Waals surface area (Å²) in [7, 11) is 1.69. The molecule has 0 amide bonds. The van der Waals surface area contributed by atoms with Gasteiger partial charge in [0.2, 0.25) is 0 Å². The largest absolute Gasteiger partial charge is 0.496 e. The lowest BCUT2D eigenvalue weighted by molar-refractivity contribution is 0.411. The van der Waals surface area contributed by atoms with E-state index in [2.05, 4.69) is 23.4 Å². The number of hydrogen-bond donors (Lipinski definition) is 2. The van der Waals surface area contributed by atoms with Crippen molar-refractivity contribution in [2.24, 2.45) is 5.84 Å². The Bertz CT molecular complexity index is 580. The van der Waals surface area contributed by atoms with Crippen molar-refractivity contribution in [2.45, 2.75) is 26.8 Å². The topological polar surface area (TPSA) is 60.2 Å². The van der Waals surface area contributed by atoms with Crippen molar-refractivity contribution in [1.82, 2.24) is 10.4 Å². The predicted octanol–water partition coefficient (Wildman–Crippen LogP) is 2.63. The molecule has 0 spiro atoms. The molecule has 3 N–H and O–H groups in total. The number of benzene rings is 1. The number of aryl methyl sites for hydroxylation is 3. The second-order valence-corrected chi connectivity index (χ2v) is 5.47. The molecule has 1 unspecified atom stereocenters. The Hall–Kier alpha value is -1.43. The average molecular weight is 277 g/mol. The molecule has 4 nitrogen and oxygen atoms in total. The Morgan fingerprint density at radius 2 is 2.00 bits per heavy atom. The molecule has 5 heteroatoms. The van der Waals surface area contributed by atoms with Crippen LogP contribution >= 0.6 is 11.3 Å². The molecule has 2 rings (SSSR count). The number of ether oxygens (including phenoxy) is 1. The fourth-order valence-corrected chi connectivity index (χ4v) is 3.12. The molecule has 0 bridgehead atoms. The first-order chi connectivity index (χ1) is 9.08. The van der Waals surface area contributed by atoms with Gasteiger partial charge in [-0.15, -0.1) is 11.3 Å². The molecule has 19 heavy (non-hydrogen) atoms. The Morgan fingerprint density at radius 1 is 1.26 bits per heavy atom. The summed E-state index contributed by atoms with van der Waals surface area (Å²) in [5.41, 5.74) is 9.17. The van der Waals surface area contributed by atoms with Crippen LogP contribution in [0, 0.1) is 20.8 Å². The van der Waals surface area contributed by atoms with Gasteiger partial charge in [0, 0.05) is 0 Å². The van der Waals surface area contributed by atoms with Gasteiger partial charge in [-0.25, -0.2) is 10.4 Å². The highest BCUT2D eigenvalue weighted by atomic mass is 32.1. The summed E-state index contributed by atoms with van der Waals surface area (Å²) in [6, 6.07) is 4.14. The zero-order valence-corrected chi connectivity index (χ0v) is 12.5. The number of hydrogen-bond acceptors (Lipinski definition) is 5. The highest BCUT2D eigenvalue weighted by Gasteiger charge is 2.20. The fraction of sp³-hybridized carbons (Fsp3) is 0.357. The molecular weight excluding hydrogens is 258 g/mol. The molecule has 0 fully saturated rings. The Balaban J connectivity index is 2.50. The Morgan fingerprint density at radius 3 is 2.53 bits per heavy atom. The summed E-state index contributed by atoms with van der Waals surface area (Å²) in [6.45, 7) is 6.11. The van der Waals surface area contributed by atoms with Crippen molar-refractivity contribution in [3.05, 3.63) is 44.9 Å². The van der Waals surface area contributed by atoms with Crippen LogP contribution in [0.4, 0.5) is 0 Å². The monoisotopic (exact) mass is 277 g/mol. The lowest BCUT2D eigenvalue weighted by Crippen LogP contribution is -2.29. The minimum atomic E-state index is -0.0305. The van der Waals surface area contributed by atoms with Crippen LogP contribution in [0.1, 0.15) is 33.3 Å². The molecule has 0 saturated heterocycles. The molecule has 0 aliphatic rings. The van der Waals surface area contributed by atoms with E-state index in [1.54, 1.807) is 18.4 Å². The van der Waals surface area contributed by atoms with Crippen LogP contribution in [-0.4, -0.2) is 12.1 Å². The summed E-state index contributed by atoms with van der Waals surface area (Å²) in [6.07, 6.45) is 0. The van der Waals surface area contributed by atoms with Crippen LogP contribution in [0.5, 0.6) is 5.75 Å². The van der Waals surface area contributed by atoms with E-state index in [1.807, 2.05) is 25.4 Å². The van der Waals surface area contributed by atoms with Crippen LogP contribution in [-0.2, 0) is 0 Å². The molecule has 1 atom stereocenters. The van der Waals surface area contributed by atoms with Crippen molar-refractivity contribution in [3.63, 3.8) is 0 Å². The number of methoxy groups -OCH3 is 1. The van der Waals surface area contributed by atoms with E-state index in [1.165, 1.54) is 0 Å². The minimum absolute atomic E-state index is 0.0305. The zero-order valence-electron chi connectivity index (χ0n) is 11.7. The van der Waals surface area contributed by atoms with Gasteiger partial charge < -0.3 is 4.74 Å². The second kappa shape index (κ2) is 5.69. The van der Waals surface area contributed by atoms with Gasteiger partial charge >= 0.3 is 0 Å². The van der Waals surface area contributed by atoms with E-state index in [0.717, 1.165) is 33.0 Å². The lowest BCUT2D eigenvalue weighted by Gasteiger charge is -2.19. The highest BCUT2D eigenvalue weighted by molar-refractivity contribution is 7.09. The van der Waals surface area contributed by atoms with Gasteiger partial charge in [-0.3, -0.25) is 5.84 Å². The highest BCUT2D eigenvalue weighted by Crippen LogP contribution is 2.32. The molecule has 0 radical (unpaired) electrons. The van der Waals surface area contributed by atoms with E-state index in [-0.39, 0.29) is 6.04 Å². The van der Waals surface area contributed by atoms with Crippen LogP contribution in [0.25, 0.3) is 0 Å². The normalized spacial score (nSPS) is 12.5. The fourth-order valence-electron chi connectivity index (χ4n) is 2.24. The summed E-state index contributed by atoms with van der Waals surface area (Å²) >= 11 is 1.62. The maximum Gasteiger partial charge on any atom is 0.122 e. The maximum atomic E-state index is 5.75. The Labute approximate surface area is 117 Å². The number of thiazole rings is 1. The van der Waals surface area contributed by atoms with Gasteiger partial charge in [-0.2, -0.15) is 0 Å². The molecule has 102 valence electrons. The van der Waals surface area contributed by atoms with Gasteiger partial charge in [0.15, 0.2) is 0 Å². The van der Waals surface area contributed by atoms with Crippen LogP contribution in [0.15, 0.2) is 17.6 Å². The smallest absolute Gasteiger partial charge is 0.122 e. The number of nitrogens with two attached hydrogens (primary N) is 1. The number of aromatic nitrogens is 1. The first-order valence-electron chi connectivity index (χ1n) is 6.09. The molecule has 0 saturated carbocycles. The number of rotatable bonds is 4. The van der Waals surface area contributed by atoms with Gasteiger partial charge in [0.05, 0.1) is 29.2 Å². The van der Waals surface area contributed by atoms with Crippen molar-refractivity contribution < 1.29 is 4.74 Å². The van der Waals surface area contributed by atoms with Gasteiger partial charge in [-0.05, 0) is 43.5 Å². The van der Waals surface area contributed by atoms with Crippen LogP contribution in [0.3, 0.4) is 0 Å². The molecule has 1 aromatic heterocycles. The Kier molecular flexibility index (Phi) is 4.19. The summed E-state index contributed by atoms with van der Waals surface area (Å²) < 4.78 is 5.35. The van der Waals surface area contributed by atoms with Crippen LogP contribution < -0.4 is 16.0 Å². The summed E-state index contributed by atoms with van der Waals surface area (Å²) in [5.74, 6) is 6.65. The minimum Gasteiger partial charge on any atom is -0.496 e. The summed E-state index contributed by atoms with van der Waals surface area (Å²) in [4.78, 5) is 5.44. The predicted molar refractivity (Wildman–Crippen MR) is 78.5 cm³/mol. The van der Waals surface area contributed by atoms with Crippen LogP contribution in [0.2, 0.25) is 0 Å². The molecular formula is C14H19N3OS. The van der Waals surface area contributed by atoms with Crippen molar-refractivity contribution in [3.8, 4) is 5.75 Å². The molecule has 0 aliphatic heterocycles. The quantitative estimate of drug-likeness (QED) is 0.666. The third-order valence-corrected chi connectivity index (χ3v) is 4.30. The number of hydrazine groups is 1. The molecule has 1 aromatic carbocycles. The third-order valence-electron chi connectivity index (χ3n) is 3.31. The van der Waals surface area contributed by atoms with Gasteiger partial charge in [0.25, 0.3) is 0 Å². The molecule has 2 aromatic rings. The van der Waals surface area contributed by atoms with Crippen molar-refractivity contribution in [1.29, 1.82) is 0 Å². The molecule has 1 heterocycles. The van der Waals surface area contributed by atoms with Crippen molar-refractivity contribution in [2.75, 3.05) is 7.11 Å². The average Bonchev–Trinajstić information content (AvgIpc) is 2.80. The first kappa shape index (κ1) is 14.0. The van der Waals surface area contributed by atoms with E-state index in [4.69, 9.17) is 10.6 Å². The summed E-state index contributed by atoms with van der Waals surface area (Å²) in [5, 5.41) is 0. The third kappa shape index (κ3) is 2.63. The van der Waals surface area contributed by atoms with E-state index in [0.29, 0.717) is 0 Å². The second-order valence-electron chi connectivity index (χ2n) is 4.58. The first-order valence-corrected chi connectivity index (χ1v) is 6.97. The van der Waals surface area contributed by atoms with E-state index < -0.39 is 0 Å². The SMILES string of the molecule is COc1cc(C)c(C(NN)c2scnc2C)cc1C. The molecule has 0 aliphatic carbocycles. The van der Waals surface area contributed by atoms with Crippen molar-refractivity contribution >= 4 is 11.3 Å². The van der Waals surface area contributed by atoms with Gasteiger partial charge in [-0.1, -0.05) is 6.07 Å². The number of nitrogens with zero attached hydrogens (tertiary/aromatic N) is 1.